The van der Waals surface area contributed by atoms with Gasteiger partial charge >= 0.3 is 11.9 Å². The molecule has 4 saturated carbocycles. The zero-order valence-electron chi connectivity index (χ0n) is 35.8. The van der Waals surface area contributed by atoms with Crippen LogP contribution in [0.15, 0.2) is 35.7 Å². The number of aliphatic carboxylic acids is 1. The number of nitrogens with zero attached hydrogens (tertiary/aromatic N) is 2. The van der Waals surface area contributed by atoms with Crippen molar-refractivity contribution in [3.8, 4) is 0 Å². The third-order valence-corrected chi connectivity index (χ3v) is 16.7. The molecule has 5 aliphatic carbocycles. The fourth-order valence-corrected chi connectivity index (χ4v) is 13.5. The van der Waals surface area contributed by atoms with E-state index in [4.69, 9.17) is 4.74 Å². The van der Waals surface area contributed by atoms with E-state index in [1.54, 1.807) is 38.2 Å². The quantitative estimate of drug-likeness (QED) is 0.185. The van der Waals surface area contributed by atoms with E-state index in [1.807, 2.05) is 12.1 Å². The maximum Gasteiger partial charge on any atom is 0.309 e. The summed E-state index contributed by atoms with van der Waals surface area (Å²) in [5.74, 6) is -0.420. The molecule has 0 bridgehead atoms. The van der Waals surface area contributed by atoms with Crippen LogP contribution in [0.2, 0.25) is 0 Å². The summed E-state index contributed by atoms with van der Waals surface area (Å²) in [6.45, 7) is 20.1. The monoisotopic (exact) mass is 776 g/mol. The van der Waals surface area contributed by atoms with Gasteiger partial charge in [0.25, 0.3) is 0 Å². The number of nitrogens with one attached hydrogen (secondary N) is 1. The lowest BCUT2D eigenvalue weighted by Gasteiger charge is -2.72. The SMILES string of the molecule is CNCC(=O)N(Cc1ccncc1)C[C@H](O)[C@@]12CC[C@]3(C)[C@H](CC[C@@H]4[C@@]5(C)CC[C@H](OC(=O)CC(C)(C)C(=O)O)C(C)(C)[C@@H]5CC[C@]43C)C1=C(C(C)C)C(=O)C2. The molecule has 0 aromatic carbocycles. The number of amides is 1. The fraction of sp³-hybridized carbons (Fsp3) is 0.761. The maximum absolute atomic E-state index is 14.2. The Bertz CT molecular complexity index is 1740. The van der Waals surface area contributed by atoms with E-state index in [0.29, 0.717) is 31.2 Å². The molecule has 1 amide bonds. The molecule has 1 aromatic heterocycles. The standard InChI is InChI=1S/C46H69N3O7/c1-28(2)38-31(50)23-46(34(51)27-49(36(52)25-47-10)26-29-15-21-48-22-16-29)20-19-44(8)30(39(38)46)11-12-33-43(7)17-14-35(56-37(53)24-41(3,4)40(54)55)42(5,6)32(43)13-18-45(33,44)9/h15-16,21-22,28,30,32-35,47,51H,11-14,17-20,23-27H2,1-10H3,(H,54,55)/t30-,32+,33-,34+,35+,43+,44-,45-,46+/m1/s1. The highest BCUT2D eigenvalue weighted by molar-refractivity contribution is 6.00. The molecule has 1 heterocycles. The number of esters is 1. The van der Waals surface area contributed by atoms with Crippen LogP contribution in [0.25, 0.3) is 0 Å². The van der Waals surface area contributed by atoms with Crippen LogP contribution in [0.1, 0.15) is 132 Å². The first-order valence-electron chi connectivity index (χ1n) is 21.3. The summed E-state index contributed by atoms with van der Waals surface area (Å²) in [5.41, 5.74) is 0.788. The minimum absolute atomic E-state index is 0.0136. The highest BCUT2D eigenvalue weighted by atomic mass is 16.5. The Hall–Kier alpha value is -3.11. The van der Waals surface area contributed by atoms with E-state index in [2.05, 4.69) is 58.8 Å². The van der Waals surface area contributed by atoms with E-state index in [1.165, 1.54) is 5.57 Å². The number of ketones is 1. The number of fused-ring (bicyclic) bond motifs is 7. The first-order chi connectivity index (χ1) is 26.1. The summed E-state index contributed by atoms with van der Waals surface area (Å²) in [7, 11) is 1.75. The van der Waals surface area contributed by atoms with Gasteiger partial charge in [0.1, 0.15) is 6.10 Å². The van der Waals surface area contributed by atoms with Crippen molar-refractivity contribution < 1.29 is 34.1 Å². The average Bonchev–Trinajstić information content (AvgIpc) is 3.43. The highest BCUT2D eigenvalue weighted by Gasteiger charge is 2.71. The Morgan fingerprint density at radius 1 is 0.964 bits per heavy atom. The van der Waals surface area contributed by atoms with Crippen molar-refractivity contribution in [1.82, 2.24) is 15.2 Å². The first-order valence-corrected chi connectivity index (χ1v) is 21.3. The largest absolute Gasteiger partial charge is 0.481 e. The van der Waals surface area contributed by atoms with Gasteiger partial charge in [-0.3, -0.25) is 24.2 Å². The second-order valence-electron chi connectivity index (χ2n) is 20.7. The predicted octanol–water partition coefficient (Wildman–Crippen LogP) is 7.38. The van der Waals surface area contributed by atoms with Gasteiger partial charge in [-0.05, 0) is 135 Å². The van der Waals surface area contributed by atoms with Gasteiger partial charge in [-0.15, -0.1) is 0 Å². The number of ether oxygens (including phenoxy) is 1. The van der Waals surface area contributed by atoms with E-state index in [0.717, 1.165) is 56.1 Å². The molecule has 3 N–H and O–H groups in total. The molecule has 10 heteroatoms. The van der Waals surface area contributed by atoms with Gasteiger partial charge in [0, 0.05) is 42.7 Å². The second kappa shape index (κ2) is 14.9. The molecule has 0 radical (unpaired) electrons. The number of aliphatic hydroxyl groups is 1. The fourth-order valence-electron chi connectivity index (χ4n) is 13.5. The van der Waals surface area contributed by atoms with Crippen LogP contribution >= 0.6 is 0 Å². The number of aromatic nitrogens is 1. The molecule has 0 saturated heterocycles. The average molecular weight is 776 g/mol. The van der Waals surface area contributed by atoms with Crippen molar-refractivity contribution in [2.45, 2.75) is 145 Å². The molecule has 310 valence electrons. The molecule has 4 fully saturated rings. The minimum Gasteiger partial charge on any atom is -0.481 e. The molecule has 0 unspecified atom stereocenters. The number of carboxylic acid groups (broad SMARTS) is 1. The Kier molecular flexibility index (Phi) is 11.3. The Labute approximate surface area is 335 Å². The number of hydrogen-bond donors (Lipinski definition) is 3. The van der Waals surface area contributed by atoms with Crippen molar-refractivity contribution >= 4 is 23.6 Å². The van der Waals surface area contributed by atoms with Gasteiger partial charge in [-0.25, -0.2) is 0 Å². The molecule has 10 nitrogen and oxygen atoms in total. The van der Waals surface area contributed by atoms with E-state index < -0.39 is 28.9 Å². The van der Waals surface area contributed by atoms with Crippen LogP contribution in [0, 0.1) is 56.2 Å². The smallest absolute Gasteiger partial charge is 0.309 e. The Balaban J connectivity index is 1.30. The summed E-state index contributed by atoms with van der Waals surface area (Å²) in [4.78, 5) is 58.6. The van der Waals surface area contributed by atoms with Crippen molar-refractivity contribution in [1.29, 1.82) is 0 Å². The third kappa shape index (κ3) is 6.76. The van der Waals surface area contributed by atoms with Crippen LogP contribution in [-0.4, -0.2) is 76.1 Å². The lowest BCUT2D eigenvalue weighted by molar-refractivity contribution is -0.235. The number of aliphatic hydroxyl groups excluding tert-OH is 1. The van der Waals surface area contributed by atoms with Gasteiger partial charge in [0.15, 0.2) is 5.78 Å². The normalized spacial score (nSPS) is 35.5. The number of pyridine rings is 1. The Morgan fingerprint density at radius 2 is 1.64 bits per heavy atom. The first kappa shape index (κ1) is 42.5. The van der Waals surface area contributed by atoms with Crippen LogP contribution in [0.4, 0.5) is 0 Å². The minimum atomic E-state index is -1.18. The van der Waals surface area contributed by atoms with Crippen LogP contribution < -0.4 is 5.32 Å². The number of carbonyl (C=O) groups is 4. The van der Waals surface area contributed by atoms with Gasteiger partial charge < -0.3 is 25.2 Å². The zero-order valence-corrected chi connectivity index (χ0v) is 35.8. The van der Waals surface area contributed by atoms with Gasteiger partial charge in [0.2, 0.25) is 5.91 Å². The summed E-state index contributed by atoms with van der Waals surface area (Å²) in [6, 6.07) is 3.80. The van der Waals surface area contributed by atoms with Gasteiger partial charge in [0.05, 0.1) is 24.5 Å². The van der Waals surface area contributed by atoms with Crippen molar-refractivity contribution in [3.05, 3.63) is 41.2 Å². The molecular weight excluding hydrogens is 707 g/mol. The zero-order chi connectivity index (χ0) is 41.2. The van der Waals surface area contributed by atoms with Crippen LogP contribution in [0.3, 0.4) is 0 Å². The topological polar surface area (TPSA) is 146 Å². The number of likely N-dealkylation sites (N-methyl/N-ethyl adjacent to an activating group) is 1. The lowest BCUT2D eigenvalue weighted by atomic mass is 9.33. The number of carboxylic acids is 1. The second-order valence-corrected chi connectivity index (χ2v) is 20.7. The molecule has 5 aliphatic rings. The van der Waals surface area contributed by atoms with E-state index >= 15 is 0 Å². The van der Waals surface area contributed by atoms with E-state index in [-0.39, 0.29) is 70.8 Å². The van der Waals surface area contributed by atoms with Crippen LogP contribution in [-0.2, 0) is 30.5 Å². The lowest BCUT2D eigenvalue weighted by Crippen LogP contribution is -2.66. The molecule has 0 aliphatic heterocycles. The third-order valence-electron chi connectivity index (χ3n) is 16.7. The number of carbonyl (C=O) groups excluding carboxylic acids is 3. The number of allylic oxidation sites excluding steroid dienone is 1. The molecule has 6 rings (SSSR count). The van der Waals surface area contributed by atoms with Gasteiger partial charge in [-0.1, -0.05) is 54.0 Å². The molecule has 0 spiro atoms. The van der Waals surface area contributed by atoms with Crippen molar-refractivity contribution in [2.75, 3.05) is 20.1 Å². The molecular formula is C46H69N3O7. The summed E-state index contributed by atoms with van der Waals surface area (Å²) in [6.07, 6.45) is 9.75. The summed E-state index contributed by atoms with van der Waals surface area (Å²) >= 11 is 0. The molecule has 1 aromatic rings. The number of rotatable bonds is 12. The summed E-state index contributed by atoms with van der Waals surface area (Å²) in [5, 5.41) is 25.2. The maximum atomic E-state index is 14.2. The van der Waals surface area contributed by atoms with Gasteiger partial charge in [-0.2, -0.15) is 0 Å². The number of Topliss-reactive ketones (excluding diaryl/α,β-unsaturated/α-hetero) is 1. The summed E-state index contributed by atoms with van der Waals surface area (Å²) < 4.78 is 6.17. The molecule has 56 heavy (non-hydrogen) atoms. The Morgan fingerprint density at radius 3 is 2.27 bits per heavy atom. The number of hydrogen-bond acceptors (Lipinski definition) is 8. The van der Waals surface area contributed by atoms with Crippen molar-refractivity contribution in [2.24, 2.45) is 56.2 Å². The van der Waals surface area contributed by atoms with Crippen molar-refractivity contribution in [3.63, 3.8) is 0 Å². The highest BCUT2D eigenvalue weighted by Crippen LogP contribution is 2.77. The molecule has 9 atom stereocenters. The predicted molar refractivity (Wildman–Crippen MR) is 215 cm³/mol. The van der Waals surface area contributed by atoms with Crippen LogP contribution in [0.5, 0.6) is 0 Å². The van der Waals surface area contributed by atoms with E-state index in [9.17, 15) is 29.4 Å².